The van der Waals surface area contributed by atoms with Gasteiger partial charge in [-0.3, -0.25) is 19.4 Å². The van der Waals surface area contributed by atoms with Crippen molar-refractivity contribution in [3.63, 3.8) is 0 Å². The summed E-state index contributed by atoms with van der Waals surface area (Å²) in [5.74, 6) is -0.430. The molecular weight excluding hydrogens is 541 g/mol. The van der Waals surface area contributed by atoms with Crippen molar-refractivity contribution in [3.8, 4) is 0 Å². The lowest BCUT2D eigenvalue weighted by Gasteiger charge is -2.48. The summed E-state index contributed by atoms with van der Waals surface area (Å²) in [4.78, 5) is 49.8. The molecule has 2 aromatic rings. The second-order valence-electron chi connectivity index (χ2n) is 12.9. The minimum Gasteiger partial charge on any atom is -0.465 e. The molecule has 11 heteroatoms. The predicted octanol–water partition coefficient (Wildman–Crippen LogP) is 2.89. The Morgan fingerprint density at radius 2 is 1.74 bits per heavy atom. The molecular formula is C31H42FN5O5. The fraction of sp³-hybridized carbons (Fsp3) is 0.581. The normalized spacial score (nSPS) is 26.3. The molecule has 0 unspecified atom stereocenters. The van der Waals surface area contributed by atoms with Crippen molar-refractivity contribution in [1.29, 1.82) is 0 Å². The van der Waals surface area contributed by atoms with Gasteiger partial charge in [0.25, 0.3) is 5.56 Å². The molecule has 3 aliphatic heterocycles. The van der Waals surface area contributed by atoms with E-state index in [-0.39, 0.29) is 48.0 Å². The van der Waals surface area contributed by atoms with Crippen LogP contribution in [0.15, 0.2) is 35.1 Å². The second kappa shape index (κ2) is 11.8. The van der Waals surface area contributed by atoms with Crippen LogP contribution in [0.4, 0.5) is 14.9 Å². The maximum absolute atomic E-state index is 14.0. The molecule has 3 aliphatic rings. The number of piperazine rings is 1. The molecule has 1 aromatic heterocycles. The van der Waals surface area contributed by atoms with Crippen LogP contribution in [0.3, 0.4) is 0 Å². The number of ether oxygens (including phenoxy) is 1. The van der Waals surface area contributed by atoms with Gasteiger partial charge in [-0.05, 0) is 44.5 Å². The van der Waals surface area contributed by atoms with E-state index >= 15 is 0 Å². The Hall–Kier alpha value is -3.28. The molecule has 2 saturated heterocycles. The van der Waals surface area contributed by atoms with Gasteiger partial charge in [-0.25, -0.2) is 9.18 Å². The average molecular weight is 584 g/mol. The SMILES string of the molecule is C[C@@H]1CN(CC(=O)N2CC(C)(C)c3[nH]c(=O)c(Cc4ccc(F)cc4)cc32)[C@@H](CN2[C@H](C)COC[C@H]2C)CN1C(=O)O. The molecule has 0 saturated carbocycles. The summed E-state index contributed by atoms with van der Waals surface area (Å²) in [6.45, 7) is 13.3. The van der Waals surface area contributed by atoms with Crippen LogP contribution in [0.1, 0.15) is 51.4 Å². The molecule has 2 amide bonds. The molecule has 5 rings (SSSR count). The van der Waals surface area contributed by atoms with Gasteiger partial charge in [0.15, 0.2) is 0 Å². The standard InChI is InChI=1S/C31H42FN5O5/c1-19-12-34(25(14-36(19)30(40)41)13-35-20(2)16-42-17-21(35)3)15-27(38)37-18-31(4,5)28-26(37)11-23(29(39)33-28)10-22-6-8-24(32)9-7-22/h6-9,11,19-21,25H,10,12-18H2,1-5H3,(H,33,39)(H,40,41)/t19-,20-,21-,25+/m1/s1. The summed E-state index contributed by atoms with van der Waals surface area (Å²) in [6, 6.07) is 7.80. The number of benzene rings is 1. The van der Waals surface area contributed by atoms with E-state index in [9.17, 15) is 23.9 Å². The number of hydrogen-bond acceptors (Lipinski definition) is 6. The quantitative estimate of drug-likeness (QED) is 0.538. The molecule has 0 radical (unpaired) electrons. The highest BCUT2D eigenvalue weighted by molar-refractivity contribution is 5.97. The zero-order chi connectivity index (χ0) is 30.3. The minimum absolute atomic E-state index is 0.0920. The highest BCUT2D eigenvalue weighted by atomic mass is 19.1. The summed E-state index contributed by atoms with van der Waals surface area (Å²) in [5.41, 5.74) is 2.05. The van der Waals surface area contributed by atoms with E-state index in [1.54, 1.807) is 23.1 Å². The highest BCUT2D eigenvalue weighted by Crippen LogP contribution is 2.39. The number of amides is 2. The Morgan fingerprint density at radius 3 is 2.38 bits per heavy atom. The molecule has 0 spiro atoms. The van der Waals surface area contributed by atoms with Crippen molar-refractivity contribution in [2.24, 2.45) is 0 Å². The Kier molecular flexibility index (Phi) is 8.46. The van der Waals surface area contributed by atoms with Gasteiger partial charge in [0.05, 0.1) is 25.4 Å². The van der Waals surface area contributed by atoms with Crippen molar-refractivity contribution in [2.45, 2.75) is 70.6 Å². The minimum atomic E-state index is -0.950. The van der Waals surface area contributed by atoms with Crippen LogP contribution >= 0.6 is 0 Å². The first-order valence-corrected chi connectivity index (χ1v) is 14.7. The topological polar surface area (TPSA) is 109 Å². The average Bonchev–Trinajstić information content (AvgIpc) is 3.18. The van der Waals surface area contributed by atoms with Gasteiger partial charge >= 0.3 is 6.09 Å². The first-order valence-electron chi connectivity index (χ1n) is 14.7. The van der Waals surface area contributed by atoms with Crippen LogP contribution in [0, 0.1) is 5.82 Å². The molecule has 0 bridgehead atoms. The van der Waals surface area contributed by atoms with E-state index in [1.165, 1.54) is 17.0 Å². The van der Waals surface area contributed by atoms with Crippen LogP contribution in [-0.2, 0) is 21.4 Å². The van der Waals surface area contributed by atoms with Crippen molar-refractivity contribution in [3.05, 3.63) is 63.3 Å². The van der Waals surface area contributed by atoms with Gasteiger partial charge in [0, 0.05) is 73.4 Å². The van der Waals surface area contributed by atoms with Crippen molar-refractivity contribution in [2.75, 3.05) is 50.8 Å². The molecule has 4 heterocycles. The number of anilines is 1. The van der Waals surface area contributed by atoms with Crippen LogP contribution < -0.4 is 10.5 Å². The Balaban J connectivity index is 1.40. The number of carbonyl (C=O) groups excluding carboxylic acids is 1. The third-order valence-corrected chi connectivity index (χ3v) is 9.04. The smallest absolute Gasteiger partial charge is 0.407 e. The predicted molar refractivity (Wildman–Crippen MR) is 158 cm³/mol. The first kappa shape index (κ1) is 30.2. The lowest BCUT2D eigenvalue weighted by Crippen LogP contribution is -2.64. The van der Waals surface area contributed by atoms with E-state index in [4.69, 9.17) is 4.74 Å². The number of hydrogen-bond donors (Lipinski definition) is 2. The van der Waals surface area contributed by atoms with Gasteiger partial charge in [0.2, 0.25) is 5.91 Å². The highest BCUT2D eigenvalue weighted by Gasteiger charge is 2.42. The van der Waals surface area contributed by atoms with Crippen molar-refractivity contribution < 1.29 is 23.8 Å². The summed E-state index contributed by atoms with van der Waals surface area (Å²) in [5, 5.41) is 9.86. The third-order valence-electron chi connectivity index (χ3n) is 9.04. The van der Waals surface area contributed by atoms with E-state index < -0.39 is 11.5 Å². The van der Waals surface area contributed by atoms with Gasteiger partial charge in [0.1, 0.15) is 5.82 Å². The second-order valence-corrected chi connectivity index (χ2v) is 12.9. The number of nitrogens with one attached hydrogen (secondary N) is 1. The van der Waals surface area contributed by atoms with Crippen LogP contribution in [0.5, 0.6) is 0 Å². The molecule has 1 aromatic carbocycles. The number of morpholine rings is 1. The molecule has 228 valence electrons. The number of H-pyrrole nitrogens is 1. The number of halogens is 1. The lowest BCUT2D eigenvalue weighted by atomic mass is 9.91. The fourth-order valence-electron chi connectivity index (χ4n) is 6.67. The van der Waals surface area contributed by atoms with Gasteiger partial charge in [-0.15, -0.1) is 0 Å². The molecule has 0 aliphatic carbocycles. The maximum Gasteiger partial charge on any atom is 0.407 e. The van der Waals surface area contributed by atoms with E-state index in [0.717, 1.165) is 11.3 Å². The van der Waals surface area contributed by atoms with Crippen LogP contribution in [0.25, 0.3) is 0 Å². The summed E-state index contributed by atoms with van der Waals surface area (Å²) in [7, 11) is 0. The van der Waals surface area contributed by atoms with E-state index in [1.807, 2.05) is 20.8 Å². The van der Waals surface area contributed by atoms with Gasteiger partial charge < -0.3 is 24.6 Å². The number of fused-ring (bicyclic) bond motifs is 1. The Labute approximate surface area is 246 Å². The maximum atomic E-state index is 14.0. The lowest BCUT2D eigenvalue weighted by molar-refractivity contribution is -0.122. The summed E-state index contributed by atoms with van der Waals surface area (Å²) >= 11 is 0. The first-order chi connectivity index (χ1) is 19.8. The van der Waals surface area contributed by atoms with Gasteiger partial charge in [-0.1, -0.05) is 26.0 Å². The summed E-state index contributed by atoms with van der Waals surface area (Å²) in [6.07, 6.45) is -0.632. The fourth-order valence-corrected chi connectivity index (χ4v) is 6.67. The number of nitrogens with zero attached hydrogens (tertiary/aromatic N) is 4. The zero-order valence-corrected chi connectivity index (χ0v) is 25.1. The van der Waals surface area contributed by atoms with Crippen molar-refractivity contribution in [1.82, 2.24) is 19.7 Å². The van der Waals surface area contributed by atoms with Crippen LogP contribution in [-0.4, -0.2) is 107 Å². The summed E-state index contributed by atoms with van der Waals surface area (Å²) < 4.78 is 19.1. The van der Waals surface area contributed by atoms with E-state index in [2.05, 4.69) is 28.6 Å². The number of carboxylic acid groups (broad SMARTS) is 1. The number of aromatic amines is 1. The van der Waals surface area contributed by atoms with Crippen LogP contribution in [0.2, 0.25) is 0 Å². The zero-order valence-electron chi connectivity index (χ0n) is 25.1. The number of rotatable bonds is 6. The van der Waals surface area contributed by atoms with Crippen molar-refractivity contribution >= 4 is 17.7 Å². The molecule has 10 nitrogen and oxygen atoms in total. The molecule has 2 fully saturated rings. The molecule has 2 N–H and O–H groups in total. The Morgan fingerprint density at radius 1 is 1.07 bits per heavy atom. The largest absolute Gasteiger partial charge is 0.465 e. The number of aromatic nitrogens is 1. The number of pyridine rings is 1. The van der Waals surface area contributed by atoms with Gasteiger partial charge in [-0.2, -0.15) is 0 Å². The van der Waals surface area contributed by atoms with E-state index in [0.29, 0.717) is 57.1 Å². The monoisotopic (exact) mass is 583 g/mol. The molecule has 4 atom stereocenters. The Bertz CT molecular complexity index is 1370. The third kappa shape index (κ3) is 6.09. The number of carbonyl (C=O) groups is 2. The molecule has 42 heavy (non-hydrogen) atoms.